The van der Waals surface area contributed by atoms with Crippen LogP contribution in [0.3, 0.4) is 0 Å². The molecule has 0 aliphatic heterocycles. The van der Waals surface area contributed by atoms with E-state index in [1.54, 1.807) is 0 Å². The van der Waals surface area contributed by atoms with Crippen LogP contribution in [0.25, 0.3) is 0 Å². The van der Waals surface area contributed by atoms with Gasteiger partial charge in [0.2, 0.25) is 0 Å². The second-order valence-electron chi connectivity index (χ2n) is 2.99. The van der Waals surface area contributed by atoms with Crippen LogP contribution in [-0.4, -0.2) is 0 Å². The molecule has 0 atom stereocenters. The highest BCUT2D eigenvalue weighted by molar-refractivity contribution is 5.26. The Morgan fingerprint density at radius 3 is 2.47 bits per heavy atom. The van der Waals surface area contributed by atoms with Gasteiger partial charge in [0, 0.05) is 12.8 Å². The average Bonchev–Trinajstić information content (AvgIpc) is 2.18. The Bertz CT molecular complexity index is 363. The van der Waals surface area contributed by atoms with Crippen LogP contribution < -0.4 is 0 Å². The van der Waals surface area contributed by atoms with Gasteiger partial charge in [-0.2, -0.15) is 13.2 Å². The molecule has 0 amide bonds. The van der Waals surface area contributed by atoms with Crippen LogP contribution in [0.1, 0.15) is 24.5 Å². The molecule has 1 rings (SSSR count). The van der Waals surface area contributed by atoms with E-state index in [0.717, 1.165) is 18.1 Å². The average molecular weight is 211 g/mol. The highest BCUT2D eigenvalue weighted by atomic mass is 19.4. The third-order valence-corrected chi connectivity index (χ3v) is 1.78. The largest absolute Gasteiger partial charge is 0.417 e. The van der Waals surface area contributed by atoms with Crippen LogP contribution in [0.4, 0.5) is 13.2 Å². The van der Waals surface area contributed by atoms with Crippen LogP contribution in [0.15, 0.2) is 18.2 Å². The molecule has 0 bridgehead atoms. The third kappa shape index (κ3) is 3.67. The molecule has 0 N–H and O–H groups in total. The highest BCUT2D eigenvalue weighted by Crippen LogP contribution is 2.28. The summed E-state index contributed by atoms with van der Waals surface area (Å²) in [6.45, 7) is 1.92. The zero-order valence-electron chi connectivity index (χ0n) is 8.28. The van der Waals surface area contributed by atoms with E-state index in [0.29, 0.717) is 6.42 Å². The van der Waals surface area contributed by atoms with E-state index in [2.05, 4.69) is 17.9 Å². The number of rotatable bonds is 1. The van der Waals surface area contributed by atoms with Gasteiger partial charge in [-0.25, -0.2) is 0 Å². The first-order chi connectivity index (χ1) is 7.04. The van der Waals surface area contributed by atoms with Crippen molar-refractivity contribution in [1.82, 2.24) is 0 Å². The lowest BCUT2D eigenvalue weighted by Gasteiger charge is -2.05. The van der Waals surface area contributed by atoms with E-state index < -0.39 is 11.7 Å². The number of benzene rings is 1. The zero-order chi connectivity index (χ0) is 11.3. The Labute approximate surface area is 87.1 Å². The fraction of sp³-hybridized carbons (Fsp3) is 0.333. The second kappa shape index (κ2) is 4.88. The molecule has 0 aliphatic carbocycles. The summed E-state index contributed by atoms with van der Waals surface area (Å²) in [5.74, 6) is 5.71. The van der Waals surface area contributed by atoms with Crippen molar-refractivity contribution in [3.63, 3.8) is 0 Å². The summed E-state index contributed by atoms with van der Waals surface area (Å²) in [7, 11) is 0. The maximum atomic E-state index is 12.2. The minimum Gasteiger partial charge on any atom is -0.166 e. The maximum absolute atomic E-state index is 12.2. The molecule has 1 aromatic rings. The molecule has 0 saturated carbocycles. The number of hydrogen-bond acceptors (Lipinski definition) is 0. The Morgan fingerprint density at radius 1 is 1.27 bits per heavy atom. The molecular weight excluding hydrogens is 201 g/mol. The Hall–Kier alpha value is -1.43. The van der Waals surface area contributed by atoms with Crippen molar-refractivity contribution < 1.29 is 13.2 Å². The lowest BCUT2D eigenvalue weighted by Crippen LogP contribution is -2.04. The Morgan fingerprint density at radius 2 is 2.00 bits per heavy atom. The molecule has 0 spiro atoms. The van der Waals surface area contributed by atoms with Crippen molar-refractivity contribution in [3.8, 4) is 11.8 Å². The van der Waals surface area contributed by atoms with E-state index in [4.69, 9.17) is 0 Å². The molecule has 0 aromatic heterocycles. The quantitative estimate of drug-likeness (QED) is 0.624. The first-order valence-corrected chi connectivity index (χ1v) is 4.57. The summed E-state index contributed by atoms with van der Waals surface area (Å²) >= 11 is 0. The smallest absolute Gasteiger partial charge is 0.166 e. The van der Waals surface area contributed by atoms with Crippen molar-refractivity contribution in [2.24, 2.45) is 0 Å². The molecular formula is C12H10F3. The number of alkyl halides is 3. The van der Waals surface area contributed by atoms with Crippen LogP contribution in [-0.2, 0) is 12.6 Å². The first-order valence-electron chi connectivity index (χ1n) is 4.57. The molecule has 0 heterocycles. The molecule has 79 valence electrons. The van der Waals surface area contributed by atoms with E-state index in [9.17, 15) is 13.2 Å². The molecule has 0 aliphatic rings. The topological polar surface area (TPSA) is 0 Å². The molecule has 15 heavy (non-hydrogen) atoms. The van der Waals surface area contributed by atoms with E-state index in [-0.39, 0.29) is 0 Å². The van der Waals surface area contributed by atoms with E-state index in [1.807, 2.05) is 6.92 Å². The van der Waals surface area contributed by atoms with Gasteiger partial charge in [-0.1, -0.05) is 18.9 Å². The number of halogens is 3. The van der Waals surface area contributed by atoms with Crippen molar-refractivity contribution >= 4 is 0 Å². The van der Waals surface area contributed by atoms with Gasteiger partial charge in [0.1, 0.15) is 0 Å². The summed E-state index contributed by atoms with van der Waals surface area (Å²) < 4.78 is 36.5. The van der Waals surface area contributed by atoms with Gasteiger partial charge >= 0.3 is 6.18 Å². The van der Waals surface area contributed by atoms with Gasteiger partial charge in [-0.15, -0.1) is 5.92 Å². The van der Waals surface area contributed by atoms with E-state index >= 15 is 0 Å². The lowest BCUT2D eigenvalue weighted by molar-refractivity contribution is -0.137. The fourth-order valence-corrected chi connectivity index (χ4v) is 1.03. The molecule has 3 heteroatoms. The van der Waals surface area contributed by atoms with Crippen LogP contribution in [0.5, 0.6) is 0 Å². The minimum atomic E-state index is -4.31. The zero-order valence-corrected chi connectivity index (χ0v) is 8.28. The van der Waals surface area contributed by atoms with Crippen molar-refractivity contribution in [1.29, 1.82) is 0 Å². The molecule has 1 radical (unpaired) electrons. The summed E-state index contributed by atoms with van der Waals surface area (Å²) in [6, 6.07) is 6.02. The first kappa shape index (κ1) is 11.6. The van der Waals surface area contributed by atoms with Crippen molar-refractivity contribution in [2.45, 2.75) is 25.9 Å². The van der Waals surface area contributed by atoms with E-state index in [1.165, 1.54) is 12.1 Å². The minimum absolute atomic E-state index is 0.475. The molecule has 1 aromatic carbocycles. The summed E-state index contributed by atoms with van der Waals surface area (Å²) in [5, 5.41) is 0. The standard InChI is InChI=1S/C12H10F3/c1-2-3-4-5-10-6-8-11(9-7-10)12(13,14)15/h6-8H,2,5H2,1H3. The number of hydrogen-bond donors (Lipinski definition) is 0. The molecule has 0 fully saturated rings. The second-order valence-corrected chi connectivity index (χ2v) is 2.99. The molecule has 0 nitrogen and oxygen atoms in total. The Kier molecular flexibility index (Phi) is 3.79. The normalized spacial score (nSPS) is 10.7. The van der Waals surface area contributed by atoms with Gasteiger partial charge in [0.15, 0.2) is 0 Å². The Balaban J connectivity index is 2.73. The van der Waals surface area contributed by atoms with Gasteiger partial charge in [0.25, 0.3) is 0 Å². The van der Waals surface area contributed by atoms with Crippen LogP contribution in [0, 0.1) is 17.9 Å². The van der Waals surface area contributed by atoms with Gasteiger partial charge in [-0.05, 0) is 23.8 Å². The summed E-state index contributed by atoms with van der Waals surface area (Å²) in [5.41, 5.74) is 0.0126. The van der Waals surface area contributed by atoms with Crippen LogP contribution >= 0.6 is 0 Å². The predicted molar refractivity (Wildman–Crippen MR) is 52.1 cm³/mol. The fourth-order valence-electron chi connectivity index (χ4n) is 1.03. The van der Waals surface area contributed by atoms with Crippen molar-refractivity contribution in [3.05, 3.63) is 35.4 Å². The summed E-state index contributed by atoms with van der Waals surface area (Å²) in [4.78, 5) is 0. The lowest BCUT2D eigenvalue weighted by atomic mass is 10.1. The van der Waals surface area contributed by atoms with Gasteiger partial charge in [-0.3, -0.25) is 0 Å². The highest BCUT2D eigenvalue weighted by Gasteiger charge is 2.30. The van der Waals surface area contributed by atoms with Crippen LogP contribution in [0.2, 0.25) is 0 Å². The maximum Gasteiger partial charge on any atom is 0.417 e. The monoisotopic (exact) mass is 211 g/mol. The van der Waals surface area contributed by atoms with Gasteiger partial charge in [0.05, 0.1) is 5.56 Å². The van der Waals surface area contributed by atoms with Crippen molar-refractivity contribution in [2.75, 3.05) is 0 Å². The summed E-state index contributed by atoms with van der Waals surface area (Å²) in [6.07, 6.45) is -3.08. The molecule has 0 unspecified atom stereocenters. The third-order valence-electron chi connectivity index (χ3n) is 1.78. The van der Waals surface area contributed by atoms with Gasteiger partial charge < -0.3 is 0 Å². The predicted octanol–water partition coefficient (Wildman–Crippen LogP) is 3.46. The molecule has 0 saturated heterocycles. The SMILES string of the molecule is CCC#CCc1c[c]c(C(F)(F)F)cc1.